The summed E-state index contributed by atoms with van der Waals surface area (Å²) < 4.78 is 0. The summed E-state index contributed by atoms with van der Waals surface area (Å²) in [6.45, 7) is 2.44. The van der Waals surface area contributed by atoms with Crippen molar-refractivity contribution in [2.24, 2.45) is 0 Å². The van der Waals surface area contributed by atoms with Gasteiger partial charge in [0.2, 0.25) is 0 Å². The van der Waals surface area contributed by atoms with Crippen LogP contribution in [0, 0.1) is 6.92 Å². The Balaban J connectivity index is 0. The molecule has 0 aliphatic heterocycles. The van der Waals surface area contributed by atoms with Crippen LogP contribution < -0.4 is 6.15 Å². The quantitative estimate of drug-likeness (QED) is 0.278. The predicted molar refractivity (Wildman–Crippen MR) is 19.8 cm³/mol. The second-order valence-electron chi connectivity index (χ2n) is 0.774. The molecule has 0 unspecified atom stereocenters. The lowest BCUT2D eigenvalue weighted by atomic mass is 10.7. The molecule has 4 heteroatoms. The van der Waals surface area contributed by atoms with Gasteiger partial charge in [-0.25, -0.2) is 0 Å². The zero-order valence-corrected chi connectivity index (χ0v) is 3.26. The first-order valence-electron chi connectivity index (χ1n) is 1.02. The third-order valence-electron chi connectivity index (χ3n) is 0. The first kappa shape index (κ1) is 9.28. The van der Waals surface area contributed by atoms with E-state index in [1.54, 1.807) is 0 Å². The highest BCUT2D eigenvalue weighted by molar-refractivity contribution is 4.42. The maximum atomic E-state index is 7.52. The lowest BCUT2D eigenvalue weighted by Gasteiger charge is -2.01. The van der Waals surface area contributed by atoms with Crippen LogP contribution in [0.15, 0.2) is 0 Å². The molecule has 0 aromatic carbocycles. The molecular formula is C2H8NO3. The highest BCUT2D eigenvalue weighted by Gasteiger charge is 2.04. The van der Waals surface area contributed by atoms with E-state index in [2.05, 4.69) is 6.92 Å². The van der Waals surface area contributed by atoms with Gasteiger partial charge in [0.25, 0.3) is 5.97 Å². The minimum atomic E-state index is -2.75. The number of rotatable bonds is 0. The maximum absolute atomic E-state index is 7.52. The van der Waals surface area contributed by atoms with Crippen LogP contribution in [0.5, 0.6) is 0 Å². The van der Waals surface area contributed by atoms with Crippen LogP contribution in [-0.4, -0.2) is 21.3 Å². The molecule has 6 N–H and O–H groups in total. The summed E-state index contributed by atoms with van der Waals surface area (Å²) in [5.74, 6) is -2.75. The van der Waals surface area contributed by atoms with Gasteiger partial charge in [0.15, 0.2) is 0 Å². The van der Waals surface area contributed by atoms with Crippen molar-refractivity contribution in [3.63, 3.8) is 0 Å². The van der Waals surface area contributed by atoms with Crippen LogP contribution in [-0.2, 0) is 0 Å². The molecule has 0 spiro atoms. The van der Waals surface area contributed by atoms with Gasteiger partial charge in [0.05, 0.1) is 0 Å². The predicted octanol–water partition coefficient (Wildman–Crippen LogP) is -1.39. The Morgan fingerprint density at radius 1 is 1.17 bits per heavy atom. The topological polar surface area (TPSA) is 95.7 Å². The molecule has 0 aliphatic carbocycles. The summed E-state index contributed by atoms with van der Waals surface area (Å²) >= 11 is 0. The van der Waals surface area contributed by atoms with Crippen molar-refractivity contribution in [2.45, 2.75) is 5.97 Å². The maximum Gasteiger partial charge on any atom is 0.275 e. The Labute approximate surface area is 35.6 Å². The Morgan fingerprint density at radius 3 is 1.17 bits per heavy atom. The van der Waals surface area contributed by atoms with E-state index in [-0.39, 0.29) is 6.15 Å². The van der Waals surface area contributed by atoms with E-state index < -0.39 is 5.97 Å². The van der Waals surface area contributed by atoms with Crippen LogP contribution in [0.4, 0.5) is 0 Å². The highest BCUT2D eigenvalue weighted by atomic mass is 16.7. The zero-order chi connectivity index (χ0) is 4.50. The Bertz CT molecular complexity index is 24.3. The first-order valence-corrected chi connectivity index (χ1v) is 1.02. The third-order valence-corrected chi connectivity index (χ3v) is 0. The largest absolute Gasteiger partial charge is 0.344 e. The molecule has 0 saturated heterocycles. The van der Waals surface area contributed by atoms with E-state index in [1.807, 2.05) is 0 Å². The van der Waals surface area contributed by atoms with Crippen LogP contribution in [0.2, 0.25) is 0 Å². The van der Waals surface area contributed by atoms with Crippen molar-refractivity contribution < 1.29 is 15.3 Å². The van der Waals surface area contributed by atoms with Gasteiger partial charge in [-0.2, -0.15) is 0 Å². The van der Waals surface area contributed by atoms with Crippen LogP contribution >= 0.6 is 0 Å². The van der Waals surface area contributed by atoms with E-state index in [9.17, 15) is 0 Å². The average molecular weight is 94.1 g/mol. The monoisotopic (exact) mass is 94.1 g/mol. The van der Waals surface area contributed by atoms with Gasteiger partial charge in [-0.1, -0.05) is 0 Å². The number of hydrogen-bond acceptors (Lipinski definition) is 4. The average Bonchev–Trinajstić information content (AvgIpc) is 0.722. The molecule has 0 amide bonds. The van der Waals surface area contributed by atoms with Crippen molar-refractivity contribution in [3.05, 3.63) is 6.92 Å². The molecule has 0 atom stereocenters. The van der Waals surface area contributed by atoms with Crippen LogP contribution in [0.1, 0.15) is 0 Å². The standard InChI is InChI=1S/C2H5O3.H3N/c1-2(3,4)5;/h3-5H,1H2;1H3. The van der Waals surface area contributed by atoms with E-state index in [0.29, 0.717) is 0 Å². The summed E-state index contributed by atoms with van der Waals surface area (Å²) in [5, 5.41) is 22.6. The van der Waals surface area contributed by atoms with E-state index in [1.165, 1.54) is 0 Å². The fraction of sp³-hybridized carbons (Fsp3) is 0.500. The van der Waals surface area contributed by atoms with Crippen LogP contribution in [0.25, 0.3) is 0 Å². The lowest BCUT2D eigenvalue weighted by molar-refractivity contribution is -0.276. The van der Waals surface area contributed by atoms with Crippen LogP contribution in [0.3, 0.4) is 0 Å². The van der Waals surface area contributed by atoms with Gasteiger partial charge in [-0.15, -0.1) is 0 Å². The van der Waals surface area contributed by atoms with Gasteiger partial charge in [-0.3, -0.25) is 0 Å². The van der Waals surface area contributed by atoms with E-state index in [4.69, 9.17) is 15.3 Å². The Kier molecular flexibility index (Phi) is 3.24. The molecule has 0 aromatic heterocycles. The van der Waals surface area contributed by atoms with Crippen molar-refractivity contribution in [3.8, 4) is 0 Å². The lowest BCUT2D eigenvalue weighted by Crippen LogP contribution is -2.21. The number of hydrogen-bond donors (Lipinski definition) is 4. The fourth-order valence-corrected chi connectivity index (χ4v) is 0. The van der Waals surface area contributed by atoms with Gasteiger partial charge in [0.1, 0.15) is 0 Å². The van der Waals surface area contributed by atoms with Gasteiger partial charge in [-0.05, 0) is 0 Å². The second-order valence-corrected chi connectivity index (χ2v) is 0.774. The molecule has 0 aliphatic rings. The molecule has 0 rings (SSSR count). The normalized spacial score (nSPS) is 10.0. The zero-order valence-electron chi connectivity index (χ0n) is 3.26. The number of aliphatic hydroxyl groups is 3. The molecule has 0 saturated carbocycles. The van der Waals surface area contributed by atoms with Crippen molar-refractivity contribution in [2.75, 3.05) is 0 Å². The smallest absolute Gasteiger partial charge is 0.275 e. The molecule has 0 bridgehead atoms. The van der Waals surface area contributed by atoms with Crippen molar-refractivity contribution >= 4 is 0 Å². The molecule has 0 heterocycles. The van der Waals surface area contributed by atoms with Gasteiger partial charge < -0.3 is 21.5 Å². The summed E-state index contributed by atoms with van der Waals surface area (Å²) in [7, 11) is 0. The second kappa shape index (κ2) is 2.09. The summed E-state index contributed by atoms with van der Waals surface area (Å²) in [6.07, 6.45) is 0. The molecular weight excluding hydrogens is 86.0 g/mol. The van der Waals surface area contributed by atoms with Gasteiger partial charge in [0, 0.05) is 6.92 Å². The molecule has 39 valence electrons. The SMILES string of the molecule is N.[CH2]C(O)(O)O. The van der Waals surface area contributed by atoms with Crippen molar-refractivity contribution in [1.82, 2.24) is 6.15 Å². The Hall–Kier alpha value is -0.160. The summed E-state index contributed by atoms with van der Waals surface area (Å²) in [4.78, 5) is 0. The van der Waals surface area contributed by atoms with E-state index >= 15 is 0 Å². The van der Waals surface area contributed by atoms with Crippen molar-refractivity contribution in [1.29, 1.82) is 0 Å². The summed E-state index contributed by atoms with van der Waals surface area (Å²) in [6, 6.07) is 0. The summed E-state index contributed by atoms with van der Waals surface area (Å²) in [5.41, 5.74) is 0. The highest BCUT2D eigenvalue weighted by Crippen LogP contribution is 1.81. The first-order chi connectivity index (χ1) is 2.00. The minimum absolute atomic E-state index is 0. The minimum Gasteiger partial charge on any atom is -0.344 e. The van der Waals surface area contributed by atoms with E-state index in [0.717, 1.165) is 0 Å². The molecule has 0 fully saturated rings. The van der Waals surface area contributed by atoms with Gasteiger partial charge >= 0.3 is 0 Å². The molecule has 6 heavy (non-hydrogen) atoms. The fourth-order valence-electron chi connectivity index (χ4n) is 0. The Morgan fingerprint density at radius 2 is 1.17 bits per heavy atom. The third kappa shape index (κ3) is 1210. The molecule has 4 nitrogen and oxygen atoms in total. The molecule has 1 radical (unpaired) electrons. The molecule has 0 aromatic rings.